The van der Waals surface area contributed by atoms with E-state index in [0.29, 0.717) is 12.1 Å². The predicted octanol–water partition coefficient (Wildman–Crippen LogP) is 1.44. The fourth-order valence-corrected chi connectivity index (χ4v) is 4.28. The smallest absolute Gasteiger partial charge is 0.272 e. The maximum absolute atomic E-state index is 12.5. The van der Waals surface area contributed by atoms with Crippen LogP contribution in [0.2, 0.25) is 0 Å². The van der Waals surface area contributed by atoms with Crippen LogP contribution < -0.4 is 5.73 Å². The molecule has 1 aliphatic rings. The van der Waals surface area contributed by atoms with Crippen molar-refractivity contribution in [2.24, 2.45) is 5.73 Å². The van der Waals surface area contributed by atoms with Crippen molar-refractivity contribution in [1.29, 1.82) is 0 Å². The lowest BCUT2D eigenvalue weighted by atomic mass is 10.2. The van der Waals surface area contributed by atoms with Gasteiger partial charge in [0.2, 0.25) is 10.0 Å². The van der Waals surface area contributed by atoms with Crippen LogP contribution in [0.4, 0.5) is 5.69 Å². The third kappa shape index (κ3) is 3.34. The number of benzene rings is 1. The molecule has 1 saturated heterocycles. The van der Waals surface area contributed by atoms with E-state index in [1.54, 1.807) is 0 Å². The molecular weight excluding hydrogens is 318 g/mol. The molecule has 1 aromatic rings. The Morgan fingerprint density at radius 1 is 1.48 bits per heavy atom. The molecule has 118 valence electrons. The van der Waals surface area contributed by atoms with Gasteiger partial charge >= 0.3 is 0 Å². The minimum Gasteiger partial charge on any atom is -0.329 e. The Kier molecular flexibility index (Phi) is 5.68. The number of rotatable bonds is 4. The summed E-state index contributed by atoms with van der Waals surface area (Å²) in [6.07, 6.45) is 1.54. The van der Waals surface area contributed by atoms with Gasteiger partial charge in [-0.25, -0.2) is 8.42 Å². The van der Waals surface area contributed by atoms with Crippen LogP contribution in [0, 0.1) is 17.0 Å². The van der Waals surface area contributed by atoms with Crippen molar-refractivity contribution >= 4 is 28.1 Å². The molecule has 1 unspecified atom stereocenters. The highest BCUT2D eigenvalue weighted by Crippen LogP contribution is 2.28. The number of hydrogen-bond acceptors (Lipinski definition) is 5. The number of sulfonamides is 1. The normalized spacial score (nSPS) is 19.2. The summed E-state index contributed by atoms with van der Waals surface area (Å²) in [6, 6.07) is 3.68. The van der Waals surface area contributed by atoms with Gasteiger partial charge in [0.25, 0.3) is 5.69 Å². The lowest BCUT2D eigenvalue weighted by Gasteiger charge is -2.22. The first kappa shape index (κ1) is 17.8. The van der Waals surface area contributed by atoms with E-state index < -0.39 is 14.9 Å². The van der Waals surface area contributed by atoms with E-state index in [1.165, 1.54) is 29.4 Å². The second-order valence-corrected chi connectivity index (χ2v) is 6.74. The van der Waals surface area contributed by atoms with E-state index >= 15 is 0 Å². The third-order valence-corrected chi connectivity index (χ3v) is 5.51. The van der Waals surface area contributed by atoms with Crippen LogP contribution in [0.25, 0.3) is 0 Å². The minimum absolute atomic E-state index is 0. The molecule has 1 aromatic carbocycles. The molecule has 2 N–H and O–H groups in total. The third-order valence-electron chi connectivity index (χ3n) is 3.57. The van der Waals surface area contributed by atoms with Crippen molar-refractivity contribution in [3.63, 3.8) is 0 Å². The monoisotopic (exact) mass is 335 g/mol. The average molecular weight is 336 g/mol. The van der Waals surface area contributed by atoms with Crippen molar-refractivity contribution in [1.82, 2.24) is 4.31 Å². The van der Waals surface area contributed by atoms with Crippen LogP contribution in [0.1, 0.15) is 18.4 Å². The SMILES string of the molecule is Cc1cc(S(=O)(=O)N2CCCC2CN)ccc1[N+](=O)[O-].Cl. The van der Waals surface area contributed by atoms with Crippen LogP contribution in [0.3, 0.4) is 0 Å². The second kappa shape index (κ2) is 6.69. The molecule has 0 amide bonds. The standard InChI is InChI=1S/C12H17N3O4S.ClH/c1-9-7-11(4-5-12(9)15(16)17)20(18,19)14-6-2-3-10(14)8-13;/h4-5,7,10H,2-3,6,8,13H2,1H3;1H. The maximum Gasteiger partial charge on any atom is 0.272 e. The zero-order valence-corrected chi connectivity index (χ0v) is 13.2. The Balaban J connectivity index is 0.00000220. The summed E-state index contributed by atoms with van der Waals surface area (Å²) in [6.45, 7) is 2.26. The van der Waals surface area contributed by atoms with Crippen LogP contribution in [-0.2, 0) is 10.0 Å². The molecule has 1 aliphatic heterocycles. The van der Waals surface area contributed by atoms with Crippen molar-refractivity contribution < 1.29 is 13.3 Å². The average Bonchev–Trinajstić information content (AvgIpc) is 2.87. The van der Waals surface area contributed by atoms with E-state index in [1.807, 2.05) is 0 Å². The molecule has 21 heavy (non-hydrogen) atoms. The summed E-state index contributed by atoms with van der Waals surface area (Å²) in [7, 11) is -3.63. The van der Waals surface area contributed by atoms with Gasteiger partial charge in [0, 0.05) is 30.8 Å². The summed E-state index contributed by atoms with van der Waals surface area (Å²) in [4.78, 5) is 10.3. The number of nitro groups is 1. The molecule has 0 bridgehead atoms. The summed E-state index contributed by atoms with van der Waals surface area (Å²) in [5.74, 6) is 0. The van der Waals surface area contributed by atoms with Crippen LogP contribution in [0.5, 0.6) is 0 Å². The summed E-state index contributed by atoms with van der Waals surface area (Å²) in [5.41, 5.74) is 5.85. The highest BCUT2D eigenvalue weighted by molar-refractivity contribution is 7.89. The molecule has 9 heteroatoms. The van der Waals surface area contributed by atoms with E-state index in [-0.39, 0.29) is 35.6 Å². The van der Waals surface area contributed by atoms with Crippen LogP contribution in [-0.4, -0.2) is 36.8 Å². The molecule has 1 heterocycles. The highest BCUT2D eigenvalue weighted by atomic mass is 35.5. The number of nitrogens with zero attached hydrogens (tertiary/aromatic N) is 2. The summed E-state index contributed by atoms with van der Waals surface area (Å²) < 4.78 is 26.5. The van der Waals surface area contributed by atoms with E-state index in [0.717, 1.165) is 12.8 Å². The van der Waals surface area contributed by atoms with Gasteiger partial charge in [-0.2, -0.15) is 4.31 Å². The Bertz CT molecular complexity index is 635. The number of halogens is 1. The number of nitrogens with two attached hydrogens (primary N) is 1. The molecule has 0 spiro atoms. The fraction of sp³-hybridized carbons (Fsp3) is 0.500. The van der Waals surface area contributed by atoms with Crippen molar-refractivity contribution in [3.8, 4) is 0 Å². The summed E-state index contributed by atoms with van der Waals surface area (Å²) >= 11 is 0. The predicted molar refractivity (Wildman–Crippen MR) is 81.0 cm³/mol. The van der Waals surface area contributed by atoms with Gasteiger partial charge in [0.1, 0.15) is 0 Å². The first-order valence-electron chi connectivity index (χ1n) is 6.35. The first-order chi connectivity index (χ1) is 9.37. The molecule has 1 fully saturated rings. The molecule has 0 saturated carbocycles. The maximum atomic E-state index is 12.5. The minimum atomic E-state index is -3.63. The number of aryl methyl sites for hydroxylation is 1. The fourth-order valence-electron chi connectivity index (χ4n) is 2.49. The molecule has 0 radical (unpaired) electrons. The molecule has 2 rings (SSSR count). The van der Waals surface area contributed by atoms with Gasteiger partial charge in [-0.1, -0.05) is 0 Å². The van der Waals surface area contributed by atoms with Gasteiger partial charge < -0.3 is 5.73 Å². The molecular formula is C12H18ClN3O4S. The largest absolute Gasteiger partial charge is 0.329 e. The number of hydrogen-bond donors (Lipinski definition) is 1. The van der Waals surface area contributed by atoms with Crippen molar-refractivity contribution in [2.75, 3.05) is 13.1 Å². The molecule has 7 nitrogen and oxygen atoms in total. The van der Waals surface area contributed by atoms with Gasteiger partial charge in [-0.3, -0.25) is 10.1 Å². The zero-order valence-electron chi connectivity index (χ0n) is 11.6. The van der Waals surface area contributed by atoms with Gasteiger partial charge in [-0.15, -0.1) is 12.4 Å². The van der Waals surface area contributed by atoms with Gasteiger partial charge in [0.05, 0.1) is 9.82 Å². The lowest BCUT2D eigenvalue weighted by Crippen LogP contribution is -2.39. The highest BCUT2D eigenvalue weighted by Gasteiger charge is 2.34. The van der Waals surface area contributed by atoms with Crippen LogP contribution >= 0.6 is 12.4 Å². The summed E-state index contributed by atoms with van der Waals surface area (Å²) in [5, 5.41) is 10.8. The second-order valence-electron chi connectivity index (χ2n) is 4.85. The topological polar surface area (TPSA) is 107 Å². The number of nitro benzene ring substituents is 1. The zero-order chi connectivity index (χ0) is 14.9. The first-order valence-corrected chi connectivity index (χ1v) is 7.79. The van der Waals surface area contributed by atoms with Crippen molar-refractivity contribution in [3.05, 3.63) is 33.9 Å². The van der Waals surface area contributed by atoms with E-state index in [4.69, 9.17) is 5.73 Å². The Morgan fingerprint density at radius 2 is 2.14 bits per heavy atom. The van der Waals surface area contributed by atoms with Gasteiger partial charge in [-0.05, 0) is 31.9 Å². The van der Waals surface area contributed by atoms with Gasteiger partial charge in [0.15, 0.2) is 0 Å². The molecule has 0 aliphatic carbocycles. The van der Waals surface area contributed by atoms with E-state index in [2.05, 4.69) is 0 Å². The Labute approximate surface area is 129 Å². The Hall–Kier alpha value is -1.22. The quantitative estimate of drug-likeness (QED) is 0.661. The Morgan fingerprint density at radius 3 is 2.67 bits per heavy atom. The van der Waals surface area contributed by atoms with Crippen molar-refractivity contribution in [2.45, 2.75) is 30.7 Å². The molecule has 0 aromatic heterocycles. The van der Waals surface area contributed by atoms with Crippen LogP contribution in [0.15, 0.2) is 23.1 Å². The lowest BCUT2D eigenvalue weighted by molar-refractivity contribution is -0.385. The van der Waals surface area contributed by atoms with E-state index in [9.17, 15) is 18.5 Å². The molecule has 1 atom stereocenters.